The summed E-state index contributed by atoms with van der Waals surface area (Å²) in [6.45, 7) is 17.6. The van der Waals surface area contributed by atoms with Crippen LogP contribution in [-0.4, -0.2) is 29.9 Å². The van der Waals surface area contributed by atoms with Crippen LogP contribution in [0.3, 0.4) is 0 Å². The van der Waals surface area contributed by atoms with Crippen LogP contribution in [0.2, 0.25) is 5.02 Å². The van der Waals surface area contributed by atoms with Crippen molar-refractivity contribution in [3.63, 3.8) is 0 Å². The minimum Gasteiger partial charge on any atom is -0.369 e. The van der Waals surface area contributed by atoms with Gasteiger partial charge in [0.2, 0.25) is 5.91 Å². The second kappa shape index (κ2) is 7.68. The van der Waals surface area contributed by atoms with E-state index in [4.69, 9.17) is 11.6 Å². The summed E-state index contributed by atoms with van der Waals surface area (Å²) in [4.78, 5) is 16.0. The van der Waals surface area contributed by atoms with Gasteiger partial charge in [0.25, 0.3) is 0 Å². The largest absolute Gasteiger partial charge is 0.369 e. The summed E-state index contributed by atoms with van der Waals surface area (Å²) >= 11 is 6.26. The molecule has 0 fully saturated rings. The first-order valence-corrected chi connectivity index (χ1v) is 8.16. The summed E-state index contributed by atoms with van der Waals surface area (Å²) in [7, 11) is 0. The van der Waals surface area contributed by atoms with Crippen LogP contribution in [0.15, 0.2) is 18.7 Å². The summed E-state index contributed by atoms with van der Waals surface area (Å²) < 4.78 is 0. The van der Waals surface area contributed by atoms with Crippen molar-refractivity contribution in [1.29, 1.82) is 0 Å². The molecule has 122 valence electrons. The van der Waals surface area contributed by atoms with Crippen LogP contribution in [0.4, 0.5) is 5.69 Å². The maximum Gasteiger partial charge on any atom is 0.223 e. The molecule has 22 heavy (non-hydrogen) atoms. The lowest BCUT2D eigenvalue weighted by molar-refractivity contribution is -0.116. The van der Waals surface area contributed by atoms with Crippen LogP contribution in [-0.2, 0) is 4.79 Å². The van der Waals surface area contributed by atoms with Crippen LogP contribution in [0.1, 0.15) is 45.7 Å². The van der Waals surface area contributed by atoms with Gasteiger partial charge in [-0.05, 0) is 52.3 Å². The van der Waals surface area contributed by atoms with Gasteiger partial charge in [-0.3, -0.25) is 4.79 Å². The van der Waals surface area contributed by atoms with E-state index < -0.39 is 0 Å². The summed E-state index contributed by atoms with van der Waals surface area (Å²) in [6, 6.07) is 4.13. The van der Waals surface area contributed by atoms with Crippen LogP contribution in [0.25, 0.3) is 5.70 Å². The number of carbonyl (C=O) groups excluding carboxylic acids is 1. The molecule has 0 aliphatic rings. The van der Waals surface area contributed by atoms with Crippen LogP contribution >= 0.6 is 11.6 Å². The third kappa shape index (κ3) is 3.83. The lowest BCUT2D eigenvalue weighted by atomic mass is 10.0. The first kappa shape index (κ1) is 18.6. The van der Waals surface area contributed by atoms with Gasteiger partial charge < -0.3 is 9.80 Å². The topological polar surface area (TPSA) is 23.6 Å². The second-order valence-electron chi connectivity index (χ2n) is 5.71. The van der Waals surface area contributed by atoms with Crippen LogP contribution < -0.4 is 4.90 Å². The fourth-order valence-electron chi connectivity index (χ4n) is 2.87. The molecule has 0 bridgehead atoms. The molecule has 0 aliphatic heterocycles. The van der Waals surface area contributed by atoms with E-state index in [0.717, 1.165) is 29.1 Å². The Morgan fingerprint density at radius 3 is 2.27 bits per heavy atom. The van der Waals surface area contributed by atoms with E-state index in [-0.39, 0.29) is 5.91 Å². The summed E-state index contributed by atoms with van der Waals surface area (Å²) in [5, 5.41) is 0.664. The van der Waals surface area contributed by atoms with E-state index in [1.807, 2.05) is 26.0 Å². The molecule has 1 rings (SSSR count). The number of amides is 1. The lowest BCUT2D eigenvalue weighted by Gasteiger charge is -2.33. The molecule has 0 saturated heterocycles. The van der Waals surface area contributed by atoms with Crippen molar-refractivity contribution >= 4 is 28.9 Å². The van der Waals surface area contributed by atoms with Gasteiger partial charge in [-0.25, -0.2) is 0 Å². The third-order valence-electron chi connectivity index (χ3n) is 3.85. The Morgan fingerprint density at radius 1 is 1.27 bits per heavy atom. The highest BCUT2D eigenvalue weighted by Crippen LogP contribution is 2.35. The molecule has 0 unspecified atom stereocenters. The fourth-order valence-corrected chi connectivity index (χ4v) is 3.15. The maximum absolute atomic E-state index is 12.0. The Balaban J connectivity index is 3.52. The molecule has 0 spiro atoms. The Kier molecular flexibility index (Phi) is 6.48. The van der Waals surface area contributed by atoms with Gasteiger partial charge in [0.1, 0.15) is 0 Å². The number of aryl methyl sites for hydroxylation is 1. The van der Waals surface area contributed by atoms with Gasteiger partial charge >= 0.3 is 0 Å². The average Bonchev–Trinajstić information content (AvgIpc) is 2.41. The minimum absolute atomic E-state index is 0.0227. The van der Waals surface area contributed by atoms with E-state index in [1.165, 1.54) is 0 Å². The van der Waals surface area contributed by atoms with Gasteiger partial charge in [-0.15, -0.1) is 0 Å². The zero-order chi connectivity index (χ0) is 17.0. The molecule has 0 aromatic heterocycles. The summed E-state index contributed by atoms with van der Waals surface area (Å²) in [5.41, 5.74) is 3.72. The van der Waals surface area contributed by atoms with Gasteiger partial charge in [0.15, 0.2) is 0 Å². The normalized spacial score (nSPS) is 10.7. The first-order chi connectivity index (χ1) is 10.2. The summed E-state index contributed by atoms with van der Waals surface area (Å²) in [5.74, 6) is 0.0227. The van der Waals surface area contributed by atoms with Crippen molar-refractivity contribution in [2.45, 2.75) is 47.6 Å². The molecule has 0 aliphatic carbocycles. The minimum atomic E-state index is 0.0227. The van der Waals surface area contributed by atoms with Crippen molar-refractivity contribution in [3.05, 3.63) is 34.9 Å². The number of carbonyl (C=O) groups is 1. The third-order valence-corrected chi connectivity index (χ3v) is 4.07. The van der Waals surface area contributed by atoms with E-state index in [2.05, 4.69) is 32.3 Å². The van der Waals surface area contributed by atoms with E-state index >= 15 is 0 Å². The number of hydrogen-bond acceptors (Lipinski definition) is 2. The molecular weight excluding hydrogens is 296 g/mol. The molecule has 0 heterocycles. The number of benzene rings is 1. The molecule has 1 amide bonds. The number of hydrogen-bond donors (Lipinski definition) is 0. The molecule has 0 radical (unpaired) electrons. The molecule has 1 aromatic carbocycles. The van der Waals surface area contributed by atoms with Crippen molar-refractivity contribution < 1.29 is 4.79 Å². The van der Waals surface area contributed by atoms with E-state index in [1.54, 1.807) is 11.8 Å². The van der Waals surface area contributed by atoms with Crippen molar-refractivity contribution in [1.82, 2.24) is 4.90 Å². The Morgan fingerprint density at radius 2 is 1.86 bits per heavy atom. The zero-order valence-corrected chi connectivity index (χ0v) is 15.3. The van der Waals surface area contributed by atoms with Crippen molar-refractivity contribution in [2.24, 2.45) is 0 Å². The Hall–Kier alpha value is -1.48. The first-order valence-electron chi connectivity index (χ1n) is 7.78. The number of rotatable bonds is 6. The summed E-state index contributed by atoms with van der Waals surface area (Å²) in [6.07, 6.45) is 0. The Bertz CT molecular complexity index is 566. The Labute approximate surface area is 139 Å². The van der Waals surface area contributed by atoms with Gasteiger partial charge in [-0.1, -0.05) is 18.2 Å². The predicted octanol–water partition coefficient (Wildman–Crippen LogP) is 4.72. The molecule has 1 aromatic rings. The predicted molar refractivity (Wildman–Crippen MR) is 96.4 cm³/mol. The monoisotopic (exact) mass is 322 g/mol. The highest BCUT2D eigenvalue weighted by Gasteiger charge is 2.21. The van der Waals surface area contributed by atoms with Crippen molar-refractivity contribution in [3.8, 4) is 0 Å². The fraction of sp³-hybridized carbons (Fsp3) is 0.500. The maximum atomic E-state index is 12.0. The molecular formula is C18H27ClN2O. The van der Waals surface area contributed by atoms with Gasteiger partial charge in [0, 0.05) is 42.3 Å². The second-order valence-corrected chi connectivity index (χ2v) is 6.15. The van der Waals surface area contributed by atoms with E-state index in [0.29, 0.717) is 17.6 Å². The van der Waals surface area contributed by atoms with E-state index in [9.17, 15) is 4.79 Å². The highest BCUT2D eigenvalue weighted by atomic mass is 35.5. The molecule has 4 heteroatoms. The average molecular weight is 323 g/mol. The van der Waals surface area contributed by atoms with Gasteiger partial charge in [-0.2, -0.15) is 0 Å². The number of halogens is 1. The smallest absolute Gasteiger partial charge is 0.223 e. The zero-order valence-electron chi connectivity index (χ0n) is 14.5. The van der Waals surface area contributed by atoms with Crippen LogP contribution in [0, 0.1) is 6.92 Å². The molecule has 3 nitrogen and oxygen atoms in total. The number of anilines is 1. The molecule has 0 N–H and O–H groups in total. The SMILES string of the molecule is C=C(c1cc(Cl)cc(C)c1N(CC)C(C)=O)N(CC)C(C)C. The quantitative estimate of drug-likeness (QED) is 0.756. The highest BCUT2D eigenvalue weighted by molar-refractivity contribution is 6.31. The van der Waals surface area contributed by atoms with Crippen molar-refractivity contribution in [2.75, 3.05) is 18.0 Å². The number of nitrogens with zero attached hydrogens (tertiary/aromatic N) is 2. The molecule has 0 atom stereocenters. The van der Waals surface area contributed by atoms with Gasteiger partial charge in [0.05, 0.1) is 5.69 Å². The van der Waals surface area contributed by atoms with Crippen LogP contribution in [0.5, 0.6) is 0 Å². The molecule has 0 saturated carbocycles. The lowest BCUT2D eigenvalue weighted by Crippen LogP contribution is -2.32. The standard InChI is InChI=1S/C18H27ClN2O/c1-8-20(12(3)4)14(6)17-11-16(19)10-13(5)18(17)21(9-2)15(7)22/h10-12H,6,8-9H2,1-5,7H3.